The summed E-state index contributed by atoms with van der Waals surface area (Å²) in [6, 6.07) is 9.73. The molecular weight excluding hydrogens is 487 g/mol. The van der Waals surface area contributed by atoms with Gasteiger partial charge in [-0.25, -0.2) is 13.9 Å². The van der Waals surface area contributed by atoms with E-state index in [0.717, 1.165) is 10.2 Å². The lowest BCUT2D eigenvalue weighted by Gasteiger charge is -2.29. The van der Waals surface area contributed by atoms with Gasteiger partial charge in [0.25, 0.3) is 5.56 Å². The molecule has 10 heteroatoms. The van der Waals surface area contributed by atoms with E-state index in [2.05, 4.69) is 48.4 Å². The number of pyridine rings is 1. The Labute approximate surface area is 223 Å². The van der Waals surface area contributed by atoms with Crippen molar-refractivity contribution >= 4 is 28.5 Å². The number of carbonyl (C=O) groups is 1. The van der Waals surface area contributed by atoms with Gasteiger partial charge in [0, 0.05) is 30.0 Å². The summed E-state index contributed by atoms with van der Waals surface area (Å²) < 4.78 is 22.3. The number of H-pyrrole nitrogens is 1. The number of nitrogens with zero attached hydrogens (tertiary/aromatic N) is 3. The minimum atomic E-state index is -1.70. The van der Waals surface area contributed by atoms with Gasteiger partial charge in [-0.15, -0.1) is 0 Å². The molecule has 3 N–H and O–H groups in total. The third-order valence-corrected chi connectivity index (χ3v) is 5.93. The molecule has 0 spiro atoms. The van der Waals surface area contributed by atoms with Crippen LogP contribution < -0.4 is 16.2 Å². The average Bonchev–Trinajstić information content (AvgIpc) is 3.17. The van der Waals surface area contributed by atoms with Crippen molar-refractivity contribution in [2.75, 3.05) is 18.4 Å². The molecule has 2 aromatic heterocycles. The van der Waals surface area contributed by atoms with E-state index in [1.165, 1.54) is 11.1 Å². The normalized spacial score (nSPS) is 13.1. The number of hydrogen-bond acceptors (Lipinski definition) is 6. The predicted molar refractivity (Wildman–Crippen MR) is 150 cm³/mol. The van der Waals surface area contributed by atoms with Crippen LogP contribution in [0.15, 0.2) is 41.3 Å². The molecule has 0 aliphatic rings. The van der Waals surface area contributed by atoms with Gasteiger partial charge in [0.1, 0.15) is 11.0 Å². The molecular formula is C28H41FN6O3. The lowest BCUT2D eigenvalue weighted by molar-refractivity contribution is 0.0159. The number of anilines is 2. The van der Waals surface area contributed by atoms with Gasteiger partial charge in [-0.3, -0.25) is 4.79 Å². The number of ether oxygens (including phenoxy) is 1. The Balaban J connectivity index is 1.90. The van der Waals surface area contributed by atoms with Gasteiger partial charge in [-0.1, -0.05) is 32.9 Å². The van der Waals surface area contributed by atoms with Crippen molar-refractivity contribution in [2.45, 2.75) is 85.3 Å². The van der Waals surface area contributed by atoms with E-state index in [-0.39, 0.29) is 28.8 Å². The molecule has 1 aromatic carbocycles. The number of fused-ring (bicyclic) bond motifs is 1. The third kappa shape index (κ3) is 7.12. The quantitative estimate of drug-likeness (QED) is 0.306. The van der Waals surface area contributed by atoms with Gasteiger partial charge < -0.3 is 25.3 Å². The Kier molecular flexibility index (Phi) is 8.86. The molecule has 0 saturated carbocycles. The standard InChI is InChI=1S/C28H41FN6O3/c1-9-16-34(26(37)38-27(4,5)6)17-22(29)35-21-14-15-30-25(36)23(21)24(33-35)31-20-12-10-19(11-13-20)28(7,8)32-18(2)3/h10-15,18,22,32H,9,16-17H2,1-8H3,(H,30,36)(H,31,33). The van der Waals surface area contributed by atoms with Crippen LogP contribution in [0.4, 0.5) is 20.7 Å². The van der Waals surface area contributed by atoms with Crippen molar-refractivity contribution in [3.05, 3.63) is 52.4 Å². The number of amides is 1. The fraction of sp³-hybridized carbons (Fsp3) is 0.536. The molecule has 1 amide bonds. The summed E-state index contributed by atoms with van der Waals surface area (Å²) in [5.74, 6) is 0.233. The Hall–Kier alpha value is -3.40. The Bertz CT molecular complexity index is 1290. The first kappa shape index (κ1) is 29.2. The number of halogens is 1. The summed E-state index contributed by atoms with van der Waals surface area (Å²) in [4.78, 5) is 29.4. The Morgan fingerprint density at radius 3 is 2.39 bits per heavy atom. The number of aromatic amines is 1. The van der Waals surface area contributed by atoms with Crippen molar-refractivity contribution in [3.8, 4) is 0 Å². The van der Waals surface area contributed by atoms with E-state index < -0.39 is 18.0 Å². The minimum absolute atomic E-state index is 0.224. The van der Waals surface area contributed by atoms with Gasteiger partial charge in [-0.05, 0) is 64.8 Å². The van der Waals surface area contributed by atoms with Crippen LogP contribution in [0, 0.1) is 0 Å². The predicted octanol–water partition coefficient (Wildman–Crippen LogP) is 5.82. The zero-order valence-corrected chi connectivity index (χ0v) is 23.7. The second kappa shape index (κ2) is 11.6. The van der Waals surface area contributed by atoms with Crippen LogP contribution >= 0.6 is 0 Å². The zero-order chi connectivity index (χ0) is 28.3. The molecule has 3 rings (SSSR count). The van der Waals surface area contributed by atoms with Gasteiger partial charge >= 0.3 is 6.09 Å². The van der Waals surface area contributed by atoms with Crippen LogP contribution in [-0.4, -0.2) is 50.5 Å². The van der Waals surface area contributed by atoms with Crippen molar-refractivity contribution in [2.24, 2.45) is 0 Å². The van der Waals surface area contributed by atoms with Gasteiger partial charge in [0.15, 0.2) is 5.82 Å². The molecule has 0 fully saturated rings. The van der Waals surface area contributed by atoms with E-state index in [4.69, 9.17) is 4.74 Å². The second-order valence-electron chi connectivity index (χ2n) is 11.3. The maximum Gasteiger partial charge on any atom is 0.410 e. The summed E-state index contributed by atoms with van der Waals surface area (Å²) >= 11 is 0. The van der Waals surface area contributed by atoms with Gasteiger partial charge in [0.05, 0.1) is 12.1 Å². The van der Waals surface area contributed by atoms with E-state index in [0.29, 0.717) is 30.2 Å². The molecule has 0 radical (unpaired) electrons. The number of rotatable bonds is 10. The molecule has 208 valence electrons. The highest BCUT2D eigenvalue weighted by Gasteiger charge is 2.27. The third-order valence-electron chi connectivity index (χ3n) is 5.93. The topological polar surface area (TPSA) is 104 Å². The zero-order valence-electron chi connectivity index (χ0n) is 23.7. The van der Waals surface area contributed by atoms with Crippen LogP contribution in [-0.2, 0) is 10.3 Å². The number of carbonyl (C=O) groups excluding carboxylic acids is 1. The molecule has 0 aliphatic heterocycles. The lowest BCUT2D eigenvalue weighted by Crippen LogP contribution is -2.40. The fourth-order valence-corrected chi connectivity index (χ4v) is 4.43. The first-order chi connectivity index (χ1) is 17.7. The first-order valence-electron chi connectivity index (χ1n) is 13.1. The smallest absolute Gasteiger partial charge is 0.410 e. The molecule has 9 nitrogen and oxygen atoms in total. The number of nitrogens with one attached hydrogen (secondary N) is 3. The Morgan fingerprint density at radius 2 is 1.82 bits per heavy atom. The van der Waals surface area contributed by atoms with E-state index in [1.807, 2.05) is 31.2 Å². The molecule has 0 bridgehead atoms. The first-order valence-corrected chi connectivity index (χ1v) is 13.1. The Morgan fingerprint density at radius 1 is 1.16 bits per heavy atom. The van der Waals surface area contributed by atoms with Crippen molar-refractivity contribution in [1.82, 2.24) is 25.0 Å². The maximum absolute atomic E-state index is 15.7. The van der Waals surface area contributed by atoms with Crippen molar-refractivity contribution in [3.63, 3.8) is 0 Å². The number of aromatic nitrogens is 3. The molecule has 0 saturated heterocycles. The molecule has 38 heavy (non-hydrogen) atoms. The highest BCUT2D eigenvalue weighted by Crippen LogP contribution is 2.28. The number of hydrogen-bond donors (Lipinski definition) is 3. The summed E-state index contributed by atoms with van der Waals surface area (Å²) in [5, 5.41) is 11.4. The molecule has 3 aromatic rings. The van der Waals surface area contributed by atoms with Gasteiger partial charge in [-0.2, -0.15) is 5.10 Å². The summed E-state index contributed by atoms with van der Waals surface area (Å²) in [5.41, 5.74) is 0.821. The summed E-state index contributed by atoms with van der Waals surface area (Å²) in [6.45, 7) is 15.7. The number of benzene rings is 1. The SMILES string of the molecule is CCCN(CC(F)n1nc(Nc2ccc(C(C)(C)NC(C)C)cc2)c2c(=O)[nH]ccc21)C(=O)OC(C)(C)C. The van der Waals surface area contributed by atoms with Crippen LogP contribution in [0.25, 0.3) is 10.9 Å². The van der Waals surface area contributed by atoms with Crippen LogP contribution in [0.5, 0.6) is 0 Å². The highest BCUT2D eigenvalue weighted by atomic mass is 19.1. The van der Waals surface area contributed by atoms with E-state index in [9.17, 15) is 9.59 Å². The van der Waals surface area contributed by atoms with Gasteiger partial charge in [0.2, 0.25) is 6.30 Å². The number of alkyl halides is 1. The summed E-state index contributed by atoms with van der Waals surface area (Å²) in [7, 11) is 0. The minimum Gasteiger partial charge on any atom is -0.444 e. The van der Waals surface area contributed by atoms with Crippen molar-refractivity contribution < 1.29 is 13.9 Å². The van der Waals surface area contributed by atoms with Crippen LogP contribution in [0.3, 0.4) is 0 Å². The van der Waals surface area contributed by atoms with Crippen LogP contribution in [0.2, 0.25) is 0 Å². The lowest BCUT2D eigenvalue weighted by atomic mass is 9.93. The summed E-state index contributed by atoms with van der Waals surface area (Å²) in [6.07, 6.45) is -0.197. The molecule has 1 atom stereocenters. The highest BCUT2D eigenvalue weighted by molar-refractivity contribution is 5.91. The van der Waals surface area contributed by atoms with E-state index in [1.54, 1.807) is 26.8 Å². The molecule has 2 heterocycles. The fourth-order valence-electron chi connectivity index (χ4n) is 4.43. The van der Waals surface area contributed by atoms with E-state index >= 15 is 4.39 Å². The van der Waals surface area contributed by atoms with Crippen molar-refractivity contribution in [1.29, 1.82) is 0 Å². The molecule has 1 unspecified atom stereocenters. The largest absolute Gasteiger partial charge is 0.444 e. The maximum atomic E-state index is 15.7. The van der Waals surface area contributed by atoms with Crippen LogP contribution in [0.1, 0.15) is 73.7 Å². The molecule has 0 aliphatic carbocycles. The average molecular weight is 529 g/mol. The second-order valence-corrected chi connectivity index (χ2v) is 11.3. The monoisotopic (exact) mass is 528 g/mol.